The van der Waals surface area contributed by atoms with E-state index in [2.05, 4.69) is 218 Å². The summed E-state index contributed by atoms with van der Waals surface area (Å²) in [6.45, 7) is 0. The first-order chi connectivity index (χ1) is 33.3. The van der Waals surface area contributed by atoms with Gasteiger partial charge in [-0.25, -0.2) is 0 Å². The number of hydrogen-bond donors (Lipinski definition) is 0. The molecule has 0 aliphatic carbocycles. The van der Waals surface area contributed by atoms with E-state index in [1.54, 1.807) is 0 Å². The van der Waals surface area contributed by atoms with Crippen molar-refractivity contribution in [3.8, 4) is 44.5 Å². The van der Waals surface area contributed by atoms with Gasteiger partial charge in [-0.1, -0.05) is 200 Å². The van der Waals surface area contributed by atoms with Gasteiger partial charge >= 0.3 is 0 Å². The third-order valence-corrected chi connectivity index (χ3v) is 17.9. The van der Waals surface area contributed by atoms with Crippen molar-refractivity contribution in [2.24, 2.45) is 0 Å². The Morgan fingerprint density at radius 3 is 0.851 bits per heavy atom. The van der Waals surface area contributed by atoms with Gasteiger partial charge in [0.2, 0.25) is 0 Å². The maximum atomic E-state index is 2.47. The van der Waals surface area contributed by atoms with Crippen molar-refractivity contribution in [2.75, 3.05) is 0 Å². The molecule has 12 aromatic carbocycles. The molecule has 15 aromatic rings. The van der Waals surface area contributed by atoms with Gasteiger partial charge in [-0.3, -0.25) is 0 Å². The summed E-state index contributed by atoms with van der Waals surface area (Å²) < 4.78 is 7.97. The zero-order chi connectivity index (χ0) is 43.7. The molecule has 67 heavy (non-hydrogen) atoms. The number of hydrogen-bond acceptors (Lipinski definition) is 3. The van der Waals surface area contributed by atoms with Gasteiger partial charge in [0, 0.05) is 77.2 Å². The molecule has 0 bridgehead atoms. The van der Waals surface area contributed by atoms with E-state index in [0.29, 0.717) is 0 Å². The molecule has 310 valence electrons. The molecular weight excluding hydrogens is 865 g/mol. The molecule has 0 aliphatic heterocycles. The van der Waals surface area contributed by atoms with Crippen molar-refractivity contribution in [1.29, 1.82) is 0 Å². The van der Waals surface area contributed by atoms with Crippen molar-refractivity contribution in [1.82, 2.24) is 0 Å². The van der Waals surface area contributed by atoms with Crippen LogP contribution in [0.2, 0.25) is 0 Å². The number of fused-ring (bicyclic) bond motifs is 13. The zero-order valence-electron chi connectivity index (χ0n) is 36.0. The van der Waals surface area contributed by atoms with Crippen molar-refractivity contribution < 1.29 is 0 Å². The Labute approximate surface area is 397 Å². The molecular formula is C64H36S3. The van der Waals surface area contributed by atoms with Crippen LogP contribution in [-0.2, 0) is 0 Å². The van der Waals surface area contributed by atoms with Crippen LogP contribution in [-0.4, -0.2) is 0 Å². The Morgan fingerprint density at radius 1 is 0.194 bits per heavy atom. The van der Waals surface area contributed by atoms with Crippen LogP contribution >= 0.6 is 34.0 Å². The highest BCUT2D eigenvalue weighted by molar-refractivity contribution is 7.27. The standard InChI is InChI=1S/C64H36S3/c1-3-20-43-41(18-1)58(42-19-2-4-21-44(42)59(43)52-29-13-26-49-38-16-9-11-32-55(38)65-62(49)52)37-34-35-40-51-28-15-31-54(64(51)67-57(40)36-37)61-47-24-7-5-22-45(47)60(46-23-6-8-25-48(46)61)53-30-14-27-50-39-17-10-12-33-56(39)66-63(50)53/h1-36H. The predicted octanol–water partition coefficient (Wildman–Crippen LogP) is 20.1. The number of rotatable bonds is 4. The van der Waals surface area contributed by atoms with Crippen LogP contribution in [0.15, 0.2) is 218 Å². The summed E-state index contributed by atoms with van der Waals surface area (Å²) in [5.41, 5.74) is 10.4. The molecule has 0 nitrogen and oxygen atoms in total. The van der Waals surface area contributed by atoms with Crippen LogP contribution in [0.1, 0.15) is 0 Å². The fraction of sp³-hybridized carbons (Fsp3) is 0. The van der Waals surface area contributed by atoms with Gasteiger partial charge in [0.1, 0.15) is 0 Å². The zero-order valence-corrected chi connectivity index (χ0v) is 38.5. The highest BCUT2D eigenvalue weighted by Crippen LogP contribution is 2.52. The molecule has 0 spiro atoms. The molecule has 3 aromatic heterocycles. The highest BCUT2D eigenvalue weighted by atomic mass is 32.1. The van der Waals surface area contributed by atoms with Crippen LogP contribution in [0.4, 0.5) is 0 Å². The Kier molecular flexibility index (Phi) is 8.08. The summed E-state index contributed by atoms with van der Waals surface area (Å²) in [5.74, 6) is 0. The SMILES string of the molecule is c1ccc2c(c1)sc1c(-c3c4ccccc4c(-c4ccc5c(c4)sc4c(-c6c7ccccc7c(-c7cccc8c7sc7ccccc78)c7ccccc67)cccc45)c4ccccc34)cccc12. The molecule has 0 atom stereocenters. The van der Waals surface area contributed by atoms with Crippen LogP contribution in [0.5, 0.6) is 0 Å². The molecule has 3 heteroatoms. The molecule has 0 aliphatic rings. The summed E-state index contributed by atoms with van der Waals surface area (Å²) in [5, 5.41) is 18.2. The third kappa shape index (κ3) is 5.39. The van der Waals surface area contributed by atoms with Gasteiger partial charge < -0.3 is 0 Å². The average Bonchev–Trinajstić information content (AvgIpc) is 4.09. The Hall–Kier alpha value is -7.66. The van der Waals surface area contributed by atoms with Crippen molar-refractivity contribution in [3.63, 3.8) is 0 Å². The fourth-order valence-electron chi connectivity index (χ4n) is 11.5. The molecule has 3 heterocycles. The monoisotopic (exact) mass is 900 g/mol. The van der Waals surface area contributed by atoms with Crippen molar-refractivity contribution in [2.45, 2.75) is 0 Å². The normalized spacial score (nSPS) is 12.2. The second-order valence-corrected chi connectivity index (χ2v) is 20.9. The van der Waals surface area contributed by atoms with E-state index in [0.717, 1.165) is 0 Å². The summed E-state index contributed by atoms with van der Waals surface area (Å²) in [6, 6.07) is 81.9. The first-order valence-electron chi connectivity index (χ1n) is 22.9. The van der Waals surface area contributed by atoms with E-state index in [9.17, 15) is 0 Å². The molecule has 0 N–H and O–H groups in total. The maximum Gasteiger partial charge on any atom is 0.0434 e. The van der Waals surface area contributed by atoms with E-state index >= 15 is 0 Å². The molecule has 0 unspecified atom stereocenters. The highest BCUT2D eigenvalue weighted by Gasteiger charge is 2.23. The summed E-state index contributed by atoms with van der Waals surface area (Å²) in [6.07, 6.45) is 0. The molecule has 0 radical (unpaired) electrons. The lowest BCUT2D eigenvalue weighted by atomic mass is 9.85. The number of benzene rings is 12. The lowest BCUT2D eigenvalue weighted by molar-refractivity contribution is 1.71. The fourth-order valence-corrected chi connectivity index (χ4v) is 15.2. The van der Waals surface area contributed by atoms with E-state index in [1.807, 2.05) is 34.0 Å². The summed E-state index contributed by atoms with van der Waals surface area (Å²) >= 11 is 5.75. The predicted molar refractivity (Wildman–Crippen MR) is 297 cm³/mol. The topological polar surface area (TPSA) is 0 Å². The Bertz CT molecular complexity index is 4460. The average molecular weight is 901 g/mol. The minimum atomic E-state index is 1.25. The molecule has 15 rings (SSSR count). The van der Waals surface area contributed by atoms with E-state index in [-0.39, 0.29) is 0 Å². The minimum Gasteiger partial charge on any atom is -0.135 e. The molecule has 0 fully saturated rings. The van der Waals surface area contributed by atoms with E-state index < -0.39 is 0 Å². The Balaban J connectivity index is 0.954. The molecule has 0 saturated carbocycles. The maximum absolute atomic E-state index is 2.47. The van der Waals surface area contributed by atoms with Crippen LogP contribution < -0.4 is 0 Å². The van der Waals surface area contributed by atoms with Crippen molar-refractivity contribution in [3.05, 3.63) is 218 Å². The smallest absolute Gasteiger partial charge is 0.0434 e. The first kappa shape index (κ1) is 37.5. The van der Waals surface area contributed by atoms with Gasteiger partial charge in [-0.15, -0.1) is 34.0 Å². The summed E-state index contributed by atoms with van der Waals surface area (Å²) in [7, 11) is 0. The lowest BCUT2D eigenvalue weighted by Gasteiger charge is -2.18. The van der Waals surface area contributed by atoms with Gasteiger partial charge in [-0.2, -0.15) is 0 Å². The second kappa shape index (κ2) is 14.4. The molecule has 0 saturated heterocycles. The van der Waals surface area contributed by atoms with E-state index in [1.165, 1.54) is 148 Å². The first-order valence-corrected chi connectivity index (χ1v) is 25.4. The number of thiophene rings is 3. The van der Waals surface area contributed by atoms with Gasteiger partial charge in [0.15, 0.2) is 0 Å². The third-order valence-electron chi connectivity index (χ3n) is 14.3. The minimum absolute atomic E-state index is 1.25. The quantitative estimate of drug-likeness (QED) is 0.154. The van der Waals surface area contributed by atoms with E-state index in [4.69, 9.17) is 0 Å². The van der Waals surface area contributed by atoms with Crippen molar-refractivity contribution >= 4 is 138 Å². The molecule has 0 amide bonds. The Morgan fingerprint density at radius 2 is 0.478 bits per heavy atom. The van der Waals surface area contributed by atoms with Crippen LogP contribution in [0.25, 0.3) is 148 Å². The largest absolute Gasteiger partial charge is 0.135 e. The van der Waals surface area contributed by atoms with Crippen LogP contribution in [0, 0.1) is 0 Å². The lowest BCUT2D eigenvalue weighted by Crippen LogP contribution is -1.91. The summed E-state index contributed by atoms with van der Waals surface area (Å²) in [4.78, 5) is 0. The van der Waals surface area contributed by atoms with Gasteiger partial charge in [0.05, 0.1) is 0 Å². The van der Waals surface area contributed by atoms with Gasteiger partial charge in [-0.05, 0) is 89.1 Å². The second-order valence-electron chi connectivity index (χ2n) is 17.7. The van der Waals surface area contributed by atoms with Gasteiger partial charge in [0.25, 0.3) is 0 Å². The van der Waals surface area contributed by atoms with Crippen LogP contribution in [0.3, 0.4) is 0 Å².